The first-order chi connectivity index (χ1) is 9.69. The molecule has 1 aromatic heterocycles. The Labute approximate surface area is 121 Å². The van der Waals surface area contributed by atoms with Crippen molar-refractivity contribution in [2.24, 2.45) is 5.73 Å². The summed E-state index contributed by atoms with van der Waals surface area (Å²) in [6, 6.07) is 5.43. The van der Waals surface area contributed by atoms with E-state index in [0.29, 0.717) is 17.3 Å². The highest BCUT2D eigenvalue weighted by Crippen LogP contribution is 2.33. The van der Waals surface area contributed by atoms with Crippen LogP contribution in [0.3, 0.4) is 0 Å². The Morgan fingerprint density at radius 2 is 2.25 bits per heavy atom. The van der Waals surface area contributed by atoms with Crippen molar-refractivity contribution in [2.45, 2.75) is 25.4 Å². The van der Waals surface area contributed by atoms with E-state index in [2.05, 4.69) is 4.98 Å². The number of ether oxygens (including phenoxy) is 1. The summed E-state index contributed by atoms with van der Waals surface area (Å²) < 4.78 is 7.28. The van der Waals surface area contributed by atoms with E-state index in [1.165, 1.54) is 0 Å². The largest absolute Gasteiger partial charge is 0.434 e. The van der Waals surface area contributed by atoms with Gasteiger partial charge in [0.2, 0.25) is 0 Å². The van der Waals surface area contributed by atoms with Crippen LogP contribution in [0.25, 0.3) is 0 Å². The first-order valence-electron chi connectivity index (χ1n) is 6.42. The highest BCUT2D eigenvalue weighted by Gasteiger charge is 2.25. The van der Waals surface area contributed by atoms with Crippen molar-refractivity contribution >= 4 is 11.6 Å². The third kappa shape index (κ3) is 2.55. The van der Waals surface area contributed by atoms with Crippen molar-refractivity contribution in [2.75, 3.05) is 0 Å². The van der Waals surface area contributed by atoms with Crippen LogP contribution < -0.4 is 16.0 Å². The van der Waals surface area contributed by atoms with Crippen LogP contribution in [0.2, 0.25) is 5.02 Å². The Hall–Kier alpha value is -1.85. The summed E-state index contributed by atoms with van der Waals surface area (Å²) >= 11 is 5.95. The fraction of sp³-hybridized carbons (Fsp3) is 0.286. The Balaban J connectivity index is 1.97. The van der Waals surface area contributed by atoms with Crippen molar-refractivity contribution in [1.29, 1.82) is 0 Å². The molecule has 6 heteroatoms. The van der Waals surface area contributed by atoms with Crippen molar-refractivity contribution in [3.63, 3.8) is 0 Å². The number of rotatable bonds is 4. The van der Waals surface area contributed by atoms with E-state index >= 15 is 0 Å². The molecule has 3 rings (SSSR count). The van der Waals surface area contributed by atoms with Crippen LogP contribution >= 0.6 is 11.6 Å². The van der Waals surface area contributed by atoms with Gasteiger partial charge in [0.15, 0.2) is 0 Å². The van der Waals surface area contributed by atoms with Crippen LogP contribution in [0.15, 0.2) is 35.4 Å². The molecule has 2 N–H and O–H groups in total. The maximum atomic E-state index is 12.3. The molecule has 1 aliphatic rings. The Kier molecular flexibility index (Phi) is 3.46. The van der Waals surface area contributed by atoms with Crippen LogP contribution in [-0.2, 0) is 6.54 Å². The monoisotopic (exact) mass is 291 g/mol. The number of hydrogen-bond acceptors (Lipinski definition) is 4. The first kappa shape index (κ1) is 13.1. The molecule has 2 aromatic rings. The van der Waals surface area contributed by atoms with Crippen LogP contribution in [0.4, 0.5) is 0 Å². The highest BCUT2D eigenvalue weighted by atomic mass is 35.5. The molecule has 1 fully saturated rings. The molecule has 0 aliphatic heterocycles. The maximum Gasteiger partial charge on any atom is 0.313 e. The molecule has 5 nitrogen and oxygen atoms in total. The third-order valence-corrected chi connectivity index (χ3v) is 3.47. The fourth-order valence-corrected chi connectivity index (χ4v) is 2.17. The summed E-state index contributed by atoms with van der Waals surface area (Å²) in [6.45, 7) is 0.302. The van der Waals surface area contributed by atoms with Crippen LogP contribution in [0.5, 0.6) is 11.6 Å². The molecule has 1 aromatic carbocycles. The van der Waals surface area contributed by atoms with Crippen LogP contribution in [-0.4, -0.2) is 9.55 Å². The topological polar surface area (TPSA) is 70.1 Å². The first-order valence-corrected chi connectivity index (χ1v) is 6.80. The smallest absolute Gasteiger partial charge is 0.313 e. The fourth-order valence-electron chi connectivity index (χ4n) is 2.01. The molecule has 104 valence electrons. The second kappa shape index (κ2) is 5.26. The summed E-state index contributed by atoms with van der Waals surface area (Å²) in [5.74, 6) is 0.523. The summed E-state index contributed by atoms with van der Waals surface area (Å²) in [5.41, 5.74) is 6.20. The van der Waals surface area contributed by atoms with Gasteiger partial charge in [0.1, 0.15) is 5.75 Å². The minimum Gasteiger partial charge on any atom is -0.434 e. The van der Waals surface area contributed by atoms with Gasteiger partial charge in [0.05, 0.1) is 0 Å². The summed E-state index contributed by atoms with van der Waals surface area (Å²) in [4.78, 5) is 16.3. The quantitative estimate of drug-likeness (QED) is 0.939. The van der Waals surface area contributed by atoms with Gasteiger partial charge < -0.3 is 15.0 Å². The SMILES string of the molecule is NCc1ccc(Cl)cc1Oc1nccn(C2CC2)c1=O. The predicted octanol–water partition coefficient (Wildman–Crippen LogP) is 2.48. The van der Waals surface area contributed by atoms with Gasteiger partial charge in [-0.3, -0.25) is 4.79 Å². The molecular weight excluding hydrogens is 278 g/mol. The number of hydrogen-bond donors (Lipinski definition) is 1. The lowest BCUT2D eigenvalue weighted by Crippen LogP contribution is -2.20. The lowest BCUT2D eigenvalue weighted by molar-refractivity contribution is 0.440. The molecule has 0 spiro atoms. The highest BCUT2D eigenvalue weighted by molar-refractivity contribution is 6.30. The number of aromatic nitrogens is 2. The van der Waals surface area contributed by atoms with Gasteiger partial charge in [-0.15, -0.1) is 0 Å². The molecule has 0 bridgehead atoms. The average Bonchev–Trinajstić information content (AvgIpc) is 3.26. The van der Waals surface area contributed by atoms with E-state index < -0.39 is 0 Å². The number of nitrogens with zero attached hydrogens (tertiary/aromatic N) is 2. The van der Waals surface area contributed by atoms with Crippen molar-refractivity contribution in [1.82, 2.24) is 9.55 Å². The van der Waals surface area contributed by atoms with Gasteiger partial charge in [-0.05, 0) is 25.0 Å². The van der Waals surface area contributed by atoms with Gasteiger partial charge in [-0.2, -0.15) is 0 Å². The number of nitrogens with two attached hydrogens (primary N) is 1. The van der Waals surface area contributed by atoms with E-state index in [1.807, 2.05) is 0 Å². The number of halogens is 1. The van der Waals surface area contributed by atoms with Crippen molar-refractivity contribution in [3.05, 3.63) is 51.5 Å². The molecule has 1 saturated carbocycles. The third-order valence-electron chi connectivity index (χ3n) is 3.23. The molecule has 20 heavy (non-hydrogen) atoms. The Bertz CT molecular complexity index is 695. The van der Waals surface area contributed by atoms with Gasteiger partial charge in [0.25, 0.3) is 5.88 Å². The van der Waals surface area contributed by atoms with E-state index in [-0.39, 0.29) is 17.5 Å². The lowest BCUT2D eigenvalue weighted by atomic mass is 10.2. The molecule has 0 radical (unpaired) electrons. The zero-order chi connectivity index (χ0) is 14.1. The van der Waals surface area contributed by atoms with E-state index in [1.54, 1.807) is 35.2 Å². The standard InChI is InChI=1S/C14H14ClN3O2/c15-10-2-1-9(8-16)12(7-10)20-13-14(19)18(6-5-17-13)11-3-4-11/h1-2,5-7,11H,3-4,8,16H2. The van der Waals surface area contributed by atoms with Gasteiger partial charge in [-0.25, -0.2) is 4.98 Å². The van der Waals surface area contributed by atoms with Crippen molar-refractivity contribution < 1.29 is 4.74 Å². The second-order valence-corrected chi connectivity index (χ2v) is 5.17. The Morgan fingerprint density at radius 1 is 1.45 bits per heavy atom. The van der Waals surface area contributed by atoms with E-state index in [0.717, 1.165) is 18.4 Å². The predicted molar refractivity (Wildman–Crippen MR) is 76.2 cm³/mol. The van der Waals surface area contributed by atoms with Gasteiger partial charge >= 0.3 is 5.56 Å². The minimum absolute atomic E-state index is 0.0522. The molecule has 0 saturated heterocycles. The molecule has 1 aliphatic carbocycles. The lowest BCUT2D eigenvalue weighted by Gasteiger charge is -2.10. The van der Waals surface area contributed by atoms with E-state index in [4.69, 9.17) is 22.1 Å². The zero-order valence-electron chi connectivity index (χ0n) is 10.8. The van der Waals surface area contributed by atoms with Gasteiger partial charge in [-0.1, -0.05) is 17.7 Å². The maximum absolute atomic E-state index is 12.3. The summed E-state index contributed by atoms with van der Waals surface area (Å²) in [5, 5.41) is 0.524. The summed E-state index contributed by atoms with van der Waals surface area (Å²) in [6.07, 6.45) is 5.31. The molecule has 0 unspecified atom stereocenters. The van der Waals surface area contributed by atoms with E-state index in [9.17, 15) is 4.79 Å². The second-order valence-electron chi connectivity index (χ2n) is 4.73. The van der Waals surface area contributed by atoms with Crippen LogP contribution in [0, 0.1) is 0 Å². The van der Waals surface area contributed by atoms with Crippen molar-refractivity contribution in [3.8, 4) is 11.6 Å². The van der Waals surface area contributed by atoms with Gasteiger partial charge in [0, 0.05) is 35.6 Å². The molecule has 0 atom stereocenters. The molecule has 1 heterocycles. The van der Waals surface area contributed by atoms with Crippen LogP contribution in [0.1, 0.15) is 24.4 Å². The normalized spacial score (nSPS) is 14.3. The zero-order valence-corrected chi connectivity index (χ0v) is 11.5. The molecular formula is C14H14ClN3O2. The Morgan fingerprint density at radius 3 is 2.95 bits per heavy atom. The molecule has 0 amide bonds. The number of benzene rings is 1. The minimum atomic E-state index is -0.224. The summed E-state index contributed by atoms with van der Waals surface area (Å²) in [7, 11) is 0. The average molecular weight is 292 g/mol.